The Morgan fingerprint density at radius 2 is 1.77 bits per heavy atom. The van der Waals surface area contributed by atoms with Crippen molar-refractivity contribution in [2.24, 2.45) is 5.92 Å². The van der Waals surface area contributed by atoms with Gasteiger partial charge in [-0.15, -0.1) is 11.8 Å². The van der Waals surface area contributed by atoms with Gasteiger partial charge in [-0.3, -0.25) is 9.59 Å². The first-order valence-electron chi connectivity index (χ1n) is 10.8. The lowest BCUT2D eigenvalue weighted by molar-refractivity contribution is -0.139. The van der Waals surface area contributed by atoms with Gasteiger partial charge >= 0.3 is 0 Å². The molecule has 0 saturated carbocycles. The molecule has 0 aliphatic carbocycles. The van der Waals surface area contributed by atoms with Gasteiger partial charge in [0.15, 0.2) is 0 Å². The number of thioether (sulfide) groups is 1. The lowest BCUT2D eigenvalue weighted by Gasteiger charge is -2.31. The van der Waals surface area contributed by atoms with Crippen LogP contribution < -0.4 is 10.1 Å². The smallest absolute Gasteiger partial charge is 0.242 e. The number of carbonyl (C=O) groups is 2. The van der Waals surface area contributed by atoms with Crippen LogP contribution in [0.3, 0.4) is 0 Å². The van der Waals surface area contributed by atoms with Crippen LogP contribution in [0.1, 0.15) is 38.3 Å². The summed E-state index contributed by atoms with van der Waals surface area (Å²) in [5.41, 5.74) is 2.12. The third-order valence-corrected chi connectivity index (χ3v) is 5.88. The Hall–Kier alpha value is -2.47. The number of nitrogens with zero attached hydrogens (tertiary/aromatic N) is 1. The van der Waals surface area contributed by atoms with Gasteiger partial charge in [0, 0.05) is 18.8 Å². The molecule has 6 heteroatoms. The second-order valence-electron chi connectivity index (χ2n) is 7.91. The highest BCUT2D eigenvalue weighted by Gasteiger charge is 2.28. The number of rotatable bonds is 12. The normalized spacial score (nSPS) is 11.8. The van der Waals surface area contributed by atoms with E-state index in [1.165, 1.54) is 5.56 Å². The third-order valence-electron chi connectivity index (χ3n) is 4.89. The van der Waals surface area contributed by atoms with Gasteiger partial charge in [-0.05, 0) is 35.6 Å². The average Bonchev–Trinajstić information content (AvgIpc) is 2.78. The third kappa shape index (κ3) is 8.29. The molecule has 1 atom stereocenters. The molecule has 0 radical (unpaired) electrons. The fourth-order valence-electron chi connectivity index (χ4n) is 3.22. The second kappa shape index (κ2) is 13.1. The molecule has 0 saturated heterocycles. The van der Waals surface area contributed by atoms with Gasteiger partial charge in [0.25, 0.3) is 0 Å². The van der Waals surface area contributed by atoms with Gasteiger partial charge in [-0.25, -0.2) is 0 Å². The van der Waals surface area contributed by atoms with Crippen LogP contribution in [0, 0.1) is 5.92 Å². The summed E-state index contributed by atoms with van der Waals surface area (Å²) < 4.78 is 5.32. The minimum Gasteiger partial charge on any atom is -0.497 e. The van der Waals surface area contributed by atoms with Crippen molar-refractivity contribution in [3.63, 3.8) is 0 Å². The summed E-state index contributed by atoms with van der Waals surface area (Å²) >= 11 is 1.57. The number of ether oxygens (including phenoxy) is 1. The molecule has 0 aromatic heterocycles. The minimum absolute atomic E-state index is 0.0321. The van der Waals surface area contributed by atoms with Crippen molar-refractivity contribution in [2.45, 2.75) is 45.5 Å². The van der Waals surface area contributed by atoms with E-state index in [-0.39, 0.29) is 11.8 Å². The number of nitrogens with one attached hydrogen (secondary N) is 1. The molecule has 0 aliphatic heterocycles. The van der Waals surface area contributed by atoms with E-state index in [9.17, 15) is 9.59 Å². The van der Waals surface area contributed by atoms with Gasteiger partial charge < -0.3 is 15.0 Å². The Bertz CT molecular complexity index is 827. The van der Waals surface area contributed by atoms with Crippen molar-refractivity contribution < 1.29 is 14.3 Å². The fraction of sp³-hybridized carbons (Fsp3) is 0.440. The molecule has 31 heavy (non-hydrogen) atoms. The van der Waals surface area contributed by atoms with Crippen molar-refractivity contribution >= 4 is 23.6 Å². The molecule has 2 aromatic rings. The summed E-state index contributed by atoms with van der Waals surface area (Å²) in [6, 6.07) is 17.2. The molecule has 0 aliphatic rings. The zero-order chi connectivity index (χ0) is 22.6. The van der Waals surface area contributed by atoms with Crippen LogP contribution in [0.25, 0.3) is 0 Å². The Balaban J connectivity index is 2.14. The summed E-state index contributed by atoms with van der Waals surface area (Å²) in [6.07, 6.45) is 0.559. The lowest BCUT2D eigenvalue weighted by atomic mass is 10.1. The van der Waals surface area contributed by atoms with Gasteiger partial charge in [0.2, 0.25) is 11.8 Å². The number of amides is 2. The maximum atomic E-state index is 13.2. The van der Waals surface area contributed by atoms with Crippen molar-refractivity contribution in [1.82, 2.24) is 10.2 Å². The molecule has 168 valence electrons. The van der Waals surface area contributed by atoms with E-state index in [4.69, 9.17) is 4.74 Å². The van der Waals surface area contributed by atoms with E-state index >= 15 is 0 Å². The Morgan fingerprint density at radius 1 is 1.06 bits per heavy atom. The Morgan fingerprint density at radius 3 is 2.42 bits per heavy atom. The fourth-order valence-corrected chi connectivity index (χ4v) is 4.09. The van der Waals surface area contributed by atoms with Crippen molar-refractivity contribution in [2.75, 3.05) is 19.4 Å². The Kier molecular flexibility index (Phi) is 10.4. The van der Waals surface area contributed by atoms with Crippen molar-refractivity contribution in [3.05, 3.63) is 65.7 Å². The molecule has 0 heterocycles. The molecular formula is C25H34N2O3S. The highest BCUT2D eigenvalue weighted by molar-refractivity contribution is 7.99. The van der Waals surface area contributed by atoms with E-state index < -0.39 is 6.04 Å². The number of carbonyl (C=O) groups excluding carboxylic acids is 2. The van der Waals surface area contributed by atoms with Gasteiger partial charge in [-0.2, -0.15) is 0 Å². The zero-order valence-electron chi connectivity index (χ0n) is 19.0. The van der Waals surface area contributed by atoms with Crippen LogP contribution in [0.5, 0.6) is 5.75 Å². The van der Waals surface area contributed by atoms with Crippen LogP contribution in [0.4, 0.5) is 0 Å². The Labute approximate surface area is 190 Å². The monoisotopic (exact) mass is 442 g/mol. The predicted molar refractivity (Wildman–Crippen MR) is 128 cm³/mol. The molecule has 1 N–H and O–H groups in total. The molecule has 2 amide bonds. The predicted octanol–water partition coefficient (Wildman–Crippen LogP) is 4.51. The van der Waals surface area contributed by atoms with Gasteiger partial charge in [-0.1, -0.05) is 63.2 Å². The summed E-state index contributed by atoms with van der Waals surface area (Å²) in [6.45, 7) is 7.03. The molecule has 0 bridgehead atoms. The van der Waals surface area contributed by atoms with E-state index in [0.29, 0.717) is 31.2 Å². The maximum Gasteiger partial charge on any atom is 0.242 e. The first kappa shape index (κ1) is 24.8. The molecule has 0 fully saturated rings. The van der Waals surface area contributed by atoms with E-state index in [2.05, 4.69) is 31.3 Å². The second-order valence-corrected chi connectivity index (χ2v) is 8.90. The largest absolute Gasteiger partial charge is 0.497 e. The summed E-state index contributed by atoms with van der Waals surface area (Å²) in [5, 5.41) is 2.99. The molecule has 2 aromatic carbocycles. The summed E-state index contributed by atoms with van der Waals surface area (Å²) in [7, 11) is 1.62. The van der Waals surface area contributed by atoms with Gasteiger partial charge in [0.05, 0.1) is 12.9 Å². The van der Waals surface area contributed by atoms with E-state index in [1.54, 1.807) is 23.8 Å². The van der Waals surface area contributed by atoms with Crippen LogP contribution in [-0.2, 0) is 21.9 Å². The number of hydrogen-bond donors (Lipinski definition) is 1. The summed E-state index contributed by atoms with van der Waals surface area (Å²) in [5.74, 6) is 2.05. The SMILES string of the molecule is CC[C@H](C(=O)NCC(C)C)N(Cc1cccc(OC)c1)C(=O)CSCc1ccccc1. The zero-order valence-corrected chi connectivity index (χ0v) is 19.8. The minimum atomic E-state index is -0.505. The van der Waals surface area contributed by atoms with Crippen LogP contribution in [0.15, 0.2) is 54.6 Å². The quantitative estimate of drug-likeness (QED) is 0.525. The van der Waals surface area contributed by atoms with Crippen LogP contribution in [0.2, 0.25) is 0 Å². The van der Waals surface area contributed by atoms with Crippen molar-refractivity contribution in [1.29, 1.82) is 0 Å². The number of methoxy groups -OCH3 is 1. The van der Waals surface area contributed by atoms with Crippen LogP contribution in [-0.4, -0.2) is 42.2 Å². The first-order chi connectivity index (χ1) is 14.9. The average molecular weight is 443 g/mol. The van der Waals surface area contributed by atoms with E-state index in [1.807, 2.05) is 49.4 Å². The standard InChI is InChI=1S/C25H34N2O3S/c1-5-23(25(29)26-15-19(2)3)27(16-21-12-9-13-22(14-21)30-4)24(28)18-31-17-20-10-7-6-8-11-20/h6-14,19,23H,5,15-18H2,1-4H3,(H,26,29)/t23-/m1/s1. The van der Waals surface area contributed by atoms with E-state index in [0.717, 1.165) is 17.1 Å². The molecule has 0 unspecified atom stereocenters. The maximum absolute atomic E-state index is 13.2. The highest BCUT2D eigenvalue weighted by Crippen LogP contribution is 2.19. The molecular weight excluding hydrogens is 408 g/mol. The molecule has 0 spiro atoms. The first-order valence-corrected chi connectivity index (χ1v) is 11.9. The van der Waals surface area contributed by atoms with Crippen LogP contribution >= 0.6 is 11.8 Å². The topological polar surface area (TPSA) is 58.6 Å². The number of hydrogen-bond acceptors (Lipinski definition) is 4. The van der Waals surface area contributed by atoms with Crippen molar-refractivity contribution in [3.8, 4) is 5.75 Å². The molecule has 5 nitrogen and oxygen atoms in total. The number of benzene rings is 2. The molecule has 2 rings (SSSR count). The van der Waals surface area contributed by atoms with Gasteiger partial charge in [0.1, 0.15) is 11.8 Å². The lowest BCUT2D eigenvalue weighted by Crippen LogP contribution is -2.50. The summed E-state index contributed by atoms with van der Waals surface area (Å²) in [4.78, 5) is 27.8. The highest BCUT2D eigenvalue weighted by atomic mass is 32.2.